The molecule has 3 nitrogen and oxygen atoms in total. The molecule has 4 fully saturated rings. The van der Waals surface area contributed by atoms with Gasteiger partial charge in [0.15, 0.2) is 8.32 Å². The summed E-state index contributed by atoms with van der Waals surface area (Å²) in [6.45, 7) is 12.5. The van der Waals surface area contributed by atoms with Crippen LogP contribution in [0.4, 0.5) is 8.78 Å². The first-order valence-corrected chi connectivity index (χ1v) is 12.8. The molecule has 26 heavy (non-hydrogen) atoms. The zero-order valence-corrected chi connectivity index (χ0v) is 18.1. The number of esters is 1. The van der Waals surface area contributed by atoms with Crippen LogP contribution in [0.25, 0.3) is 0 Å². The number of carbonyl (C=O) groups is 1. The van der Waals surface area contributed by atoms with Crippen molar-refractivity contribution in [1.29, 1.82) is 0 Å². The average Bonchev–Trinajstić information content (AvgIpc) is 2.41. The van der Waals surface area contributed by atoms with Gasteiger partial charge in [-0.25, -0.2) is 4.79 Å². The fourth-order valence-electron chi connectivity index (χ4n) is 5.49. The van der Waals surface area contributed by atoms with Gasteiger partial charge in [-0.2, -0.15) is 8.78 Å². The minimum Gasteiger partial charge on any atom is -0.455 e. The fraction of sp³-hybridized carbons (Fsp3) is 0.950. The van der Waals surface area contributed by atoms with Crippen molar-refractivity contribution >= 4 is 14.3 Å². The van der Waals surface area contributed by atoms with E-state index >= 15 is 0 Å². The maximum Gasteiger partial charge on any atom is 0.377 e. The summed E-state index contributed by atoms with van der Waals surface area (Å²) in [6, 6.07) is 0. The predicted octanol–water partition coefficient (Wildman–Crippen LogP) is 5.55. The molecule has 6 heteroatoms. The Balaban J connectivity index is 1.76. The first kappa shape index (κ1) is 20.2. The molecule has 0 radical (unpaired) electrons. The molecular weight excluding hydrogens is 354 g/mol. The lowest BCUT2D eigenvalue weighted by Crippen LogP contribution is -2.60. The van der Waals surface area contributed by atoms with E-state index in [1.54, 1.807) is 0 Å². The third-order valence-corrected chi connectivity index (χ3v) is 11.8. The van der Waals surface area contributed by atoms with Crippen molar-refractivity contribution in [3.05, 3.63) is 0 Å². The minimum atomic E-state index is -3.42. The van der Waals surface area contributed by atoms with E-state index in [1.807, 2.05) is 0 Å². The van der Waals surface area contributed by atoms with Crippen molar-refractivity contribution in [3.63, 3.8) is 0 Å². The quantitative estimate of drug-likeness (QED) is 0.458. The van der Waals surface area contributed by atoms with E-state index in [9.17, 15) is 13.6 Å². The van der Waals surface area contributed by atoms with Gasteiger partial charge in [0.2, 0.25) is 0 Å². The molecular formula is C20H34F2O3Si. The molecule has 2 atom stereocenters. The van der Waals surface area contributed by atoms with Gasteiger partial charge in [0.25, 0.3) is 0 Å². The molecule has 150 valence electrons. The number of alkyl halides is 2. The molecule has 4 rings (SSSR count). The van der Waals surface area contributed by atoms with Crippen LogP contribution in [0.15, 0.2) is 0 Å². The first-order chi connectivity index (χ1) is 11.7. The third-order valence-electron chi connectivity index (χ3n) is 7.34. The van der Waals surface area contributed by atoms with Gasteiger partial charge in [0.05, 0.1) is 0 Å². The molecule has 0 N–H and O–H groups in total. The Kier molecular flexibility index (Phi) is 4.67. The van der Waals surface area contributed by atoms with Crippen LogP contribution in [0, 0.1) is 17.3 Å². The SMILES string of the molecule is CC(F)(F)C(=O)OC12CC3CC(CC(CO[Si](C)(C)C(C)(C)C)(C3)C1)C2. The molecule has 0 heterocycles. The Morgan fingerprint density at radius 1 is 1.08 bits per heavy atom. The van der Waals surface area contributed by atoms with Crippen molar-refractivity contribution in [2.24, 2.45) is 17.3 Å². The minimum absolute atomic E-state index is 0.0110. The highest BCUT2D eigenvalue weighted by atomic mass is 28.4. The van der Waals surface area contributed by atoms with Gasteiger partial charge in [-0.3, -0.25) is 0 Å². The van der Waals surface area contributed by atoms with Crippen molar-refractivity contribution in [2.45, 2.75) is 95.9 Å². The first-order valence-electron chi connectivity index (χ1n) is 9.91. The standard InChI is InChI=1S/C20H34F2O3Si/c1-17(2,3)26(5,6)24-13-19-8-14-7-15(9-19)11-20(10-14,12-19)25-16(23)18(4,21)22/h14-15H,7-13H2,1-6H3. The summed E-state index contributed by atoms with van der Waals surface area (Å²) in [5.74, 6) is -3.84. The number of hydrogen-bond donors (Lipinski definition) is 0. The van der Waals surface area contributed by atoms with Crippen LogP contribution < -0.4 is 0 Å². The fourth-order valence-corrected chi connectivity index (χ4v) is 6.59. The molecule has 0 aromatic heterocycles. The van der Waals surface area contributed by atoms with Crippen LogP contribution >= 0.6 is 0 Å². The molecule has 0 aromatic rings. The summed E-state index contributed by atoms with van der Waals surface area (Å²) in [5.41, 5.74) is -0.708. The zero-order valence-electron chi connectivity index (χ0n) is 17.1. The zero-order chi connectivity index (χ0) is 19.6. The third kappa shape index (κ3) is 3.73. The van der Waals surface area contributed by atoms with Crippen LogP contribution in [0.1, 0.15) is 66.2 Å². The lowest BCUT2D eigenvalue weighted by atomic mass is 9.48. The van der Waals surface area contributed by atoms with E-state index < -0.39 is 25.8 Å². The molecule has 0 amide bonds. The van der Waals surface area contributed by atoms with Gasteiger partial charge in [-0.1, -0.05) is 20.8 Å². The second kappa shape index (κ2) is 6.00. The molecule has 0 spiro atoms. The van der Waals surface area contributed by atoms with Crippen molar-refractivity contribution < 1.29 is 22.7 Å². The van der Waals surface area contributed by atoms with Gasteiger partial charge in [0.1, 0.15) is 5.60 Å². The highest BCUT2D eigenvalue weighted by molar-refractivity contribution is 6.74. The van der Waals surface area contributed by atoms with E-state index in [1.165, 1.54) is 0 Å². The molecule has 4 saturated carbocycles. The van der Waals surface area contributed by atoms with E-state index in [0.717, 1.165) is 32.1 Å². The van der Waals surface area contributed by atoms with E-state index in [4.69, 9.17) is 9.16 Å². The van der Waals surface area contributed by atoms with Gasteiger partial charge in [-0.05, 0) is 73.9 Å². The summed E-state index contributed by atoms with van der Waals surface area (Å²) in [6.07, 6.45) is 5.48. The molecule has 2 unspecified atom stereocenters. The second-order valence-corrected chi connectivity index (χ2v) is 15.8. The normalized spacial score (nSPS) is 37.1. The molecule has 0 saturated heterocycles. The van der Waals surface area contributed by atoms with Gasteiger partial charge in [0, 0.05) is 13.5 Å². The van der Waals surface area contributed by atoms with Crippen LogP contribution in [0.5, 0.6) is 0 Å². The maximum atomic E-state index is 13.4. The van der Waals surface area contributed by atoms with Crippen molar-refractivity contribution in [1.82, 2.24) is 0 Å². The predicted molar refractivity (Wildman–Crippen MR) is 99.7 cm³/mol. The Hall–Kier alpha value is -0.493. The number of ether oxygens (including phenoxy) is 1. The summed E-state index contributed by atoms with van der Waals surface area (Å²) in [4.78, 5) is 11.9. The topological polar surface area (TPSA) is 35.5 Å². The maximum absolute atomic E-state index is 13.4. The van der Waals surface area contributed by atoms with E-state index in [-0.39, 0.29) is 10.5 Å². The van der Waals surface area contributed by atoms with Crippen LogP contribution in [-0.4, -0.2) is 32.4 Å². The summed E-state index contributed by atoms with van der Waals surface area (Å²) in [5, 5.41) is 0.143. The monoisotopic (exact) mass is 388 g/mol. The highest BCUT2D eigenvalue weighted by Crippen LogP contribution is 2.63. The molecule has 4 aliphatic carbocycles. The van der Waals surface area contributed by atoms with Crippen LogP contribution in [-0.2, 0) is 14.0 Å². The largest absolute Gasteiger partial charge is 0.455 e. The van der Waals surface area contributed by atoms with Crippen LogP contribution in [0.2, 0.25) is 18.1 Å². The second-order valence-electron chi connectivity index (χ2n) is 11.0. The van der Waals surface area contributed by atoms with Crippen molar-refractivity contribution in [2.75, 3.05) is 6.61 Å². The lowest BCUT2D eigenvalue weighted by Gasteiger charge is -2.61. The Labute approximate surface area is 157 Å². The van der Waals surface area contributed by atoms with E-state index in [2.05, 4.69) is 33.9 Å². The molecule has 4 bridgehead atoms. The summed E-state index contributed by atoms with van der Waals surface area (Å²) >= 11 is 0. The lowest BCUT2D eigenvalue weighted by molar-refractivity contribution is -0.222. The number of rotatable bonds is 5. The molecule has 0 aliphatic heterocycles. The van der Waals surface area contributed by atoms with Gasteiger partial charge < -0.3 is 9.16 Å². The number of carbonyl (C=O) groups excluding carboxylic acids is 1. The number of hydrogen-bond acceptors (Lipinski definition) is 3. The Morgan fingerprint density at radius 3 is 2.08 bits per heavy atom. The Morgan fingerprint density at radius 2 is 1.62 bits per heavy atom. The molecule has 0 aromatic carbocycles. The summed E-state index contributed by atoms with van der Waals surface area (Å²) in [7, 11) is -1.87. The number of halogens is 2. The van der Waals surface area contributed by atoms with Gasteiger partial charge >= 0.3 is 11.9 Å². The van der Waals surface area contributed by atoms with Crippen molar-refractivity contribution in [3.8, 4) is 0 Å². The smallest absolute Gasteiger partial charge is 0.377 e. The van der Waals surface area contributed by atoms with Crippen LogP contribution in [0.3, 0.4) is 0 Å². The Bertz CT molecular complexity index is 563. The molecule has 4 aliphatic rings. The highest BCUT2D eigenvalue weighted by Gasteiger charge is 2.61. The summed E-state index contributed by atoms with van der Waals surface area (Å²) < 4.78 is 38.9. The average molecular weight is 389 g/mol. The van der Waals surface area contributed by atoms with E-state index in [0.29, 0.717) is 31.8 Å². The van der Waals surface area contributed by atoms with Gasteiger partial charge in [-0.15, -0.1) is 0 Å².